The number of hydrogen-bond acceptors (Lipinski definition) is 5. The van der Waals surface area contributed by atoms with E-state index in [0.29, 0.717) is 24.5 Å². The summed E-state index contributed by atoms with van der Waals surface area (Å²) in [7, 11) is 0. The molecular weight excluding hydrogens is 418 g/mol. The van der Waals surface area contributed by atoms with Gasteiger partial charge >= 0.3 is 0 Å². The minimum atomic E-state index is -0.0426. The second kappa shape index (κ2) is 9.16. The Balaban J connectivity index is 1.68. The Bertz CT molecular complexity index is 883. The van der Waals surface area contributed by atoms with Gasteiger partial charge in [0.05, 0.1) is 5.69 Å². The van der Waals surface area contributed by atoms with E-state index in [2.05, 4.69) is 42.4 Å². The fourth-order valence-electron chi connectivity index (χ4n) is 3.63. The molecule has 1 fully saturated rings. The fourth-order valence-corrected chi connectivity index (χ4v) is 3.90. The molecule has 1 aliphatic rings. The average Bonchev–Trinajstić information content (AvgIpc) is 2.74. The maximum absolute atomic E-state index is 12.6. The van der Waals surface area contributed by atoms with E-state index in [-0.39, 0.29) is 11.8 Å². The zero-order chi connectivity index (χ0) is 20.1. The number of nitrogens with one attached hydrogen (secondary N) is 1. The molecule has 3 rings (SSSR count). The van der Waals surface area contributed by atoms with Crippen molar-refractivity contribution >= 4 is 33.3 Å². The first-order chi connectivity index (χ1) is 13.6. The molecule has 6 nitrogen and oxygen atoms in total. The number of carbonyl (C=O) groups excluding carboxylic acids is 1. The summed E-state index contributed by atoms with van der Waals surface area (Å²) in [4.78, 5) is 14.7. The molecule has 0 saturated carbocycles. The van der Waals surface area contributed by atoms with E-state index < -0.39 is 0 Å². The number of rotatable bonds is 5. The molecule has 0 bridgehead atoms. The van der Waals surface area contributed by atoms with Gasteiger partial charge in [0.2, 0.25) is 5.91 Å². The van der Waals surface area contributed by atoms with Gasteiger partial charge in [0.1, 0.15) is 11.6 Å². The molecule has 28 heavy (non-hydrogen) atoms. The smallest absolute Gasteiger partial charge is 0.227 e. The number of anilines is 2. The van der Waals surface area contributed by atoms with Crippen LogP contribution in [-0.4, -0.2) is 29.2 Å². The summed E-state index contributed by atoms with van der Waals surface area (Å²) in [5.74, 6) is 0.659. The van der Waals surface area contributed by atoms with Crippen molar-refractivity contribution in [2.24, 2.45) is 5.92 Å². The number of aryl methyl sites for hydroxylation is 1. The predicted molar refractivity (Wildman–Crippen MR) is 113 cm³/mol. The monoisotopic (exact) mass is 441 g/mol. The third kappa shape index (κ3) is 4.33. The zero-order valence-corrected chi connectivity index (χ0v) is 17.8. The zero-order valence-electron chi connectivity index (χ0n) is 16.2. The summed E-state index contributed by atoms with van der Waals surface area (Å²) in [5.41, 5.74) is 3.32. The lowest BCUT2D eigenvalue weighted by molar-refractivity contribution is -0.120. The lowest BCUT2D eigenvalue weighted by Crippen LogP contribution is -2.39. The number of carbonyl (C=O) groups is 1. The molecule has 146 valence electrons. The van der Waals surface area contributed by atoms with Crippen molar-refractivity contribution in [3.63, 3.8) is 0 Å². The molecule has 7 heteroatoms. The molecule has 0 aliphatic carbocycles. The number of hydrogen-bond donors (Lipinski definition) is 1. The minimum absolute atomic E-state index is 0.0426. The third-order valence-electron chi connectivity index (χ3n) is 5.22. The summed E-state index contributed by atoms with van der Waals surface area (Å²) < 4.78 is 0.980. The number of piperidine rings is 1. The van der Waals surface area contributed by atoms with Crippen LogP contribution in [0.15, 0.2) is 28.7 Å². The lowest BCUT2D eigenvalue weighted by atomic mass is 9.95. The topological polar surface area (TPSA) is 81.9 Å². The van der Waals surface area contributed by atoms with E-state index in [1.54, 1.807) is 0 Å². The largest absolute Gasteiger partial charge is 0.354 e. The molecule has 1 aliphatic heterocycles. The van der Waals surface area contributed by atoms with Crippen molar-refractivity contribution in [2.75, 3.05) is 23.3 Å². The molecular formula is C21H24BrN5O. The highest BCUT2D eigenvalue weighted by Crippen LogP contribution is 2.28. The number of nitriles is 1. The number of nitrogens with zero attached hydrogens (tertiary/aromatic N) is 4. The second-order valence-corrected chi connectivity index (χ2v) is 7.82. The highest BCUT2D eigenvalue weighted by atomic mass is 79.9. The molecule has 1 aromatic carbocycles. The van der Waals surface area contributed by atoms with Crippen LogP contribution in [0.3, 0.4) is 0 Å². The van der Waals surface area contributed by atoms with Gasteiger partial charge in [0, 0.05) is 29.2 Å². The van der Waals surface area contributed by atoms with Gasteiger partial charge in [-0.3, -0.25) is 4.79 Å². The molecule has 1 aromatic heterocycles. The summed E-state index contributed by atoms with van der Waals surface area (Å²) >= 11 is 3.40. The Morgan fingerprint density at radius 2 is 1.89 bits per heavy atom. The van der Waals surface area contributed by atoms with E-state index in [1.807, 2.05) is 38.1 Å². The number of halogens is 1. The first kappa shape index (κ1) is 20.3. The molecule has 0 radical (unpaired) electrons. The van der Waals surface area contributed by atoms with Gasteiger partial charge in [0.25, 0.3) is 0 Å². The van der Waals surface area contributed by atoms with Crippen molar-refractivity contribution in [3.8, 4) is 6.07 Å². The minimum Gasteiger partial charge on any atom is -0.354 e. The standard InChI is InChI=1S/C21H24BrN5O/c1-3-17-18(13-23)20(26-25-19(17)4-2)27-11-9-14(10-12-27)21(28)24-16-7-5-15(22)6-8-16/h5-8,14H,3-4,9-12H2,1-2H3,(H,24,28). The van der Waals surface area contributed by atoms with E-state index in [4.69, 9.17) is 0 Å². The highest BCUT2D eigenvalue weighted by Gasteiger charge is 2.28. The summed E-state index contributed by atoms with van der Waals surface area (Å²) in [6, 6.07) is 9.91. The first-order valence-electron chi connectivity index (χ1n) is 9.67. The van der Waals surface area contributed by atoms with Gasteiger partial charge in [-0.1, -0.05) is 29.8 Å². The summed E-state index contributed by atoms with van der Waals surface area (Å²) in [6.07, 6.45) is 2.99. The Morgan fingerprint density at radius 3 is 2.46 bits per heavy atom. The van der Waals surface area contributed by atoms with Crippen LogP contribution >= 0.6 is 15.9 Å². The SMILES string of the molecule is CCc1nnc(N2CCC(C(=O)Nc3ccc(Br)cc3)CC2)c(C#N)c1CC. The molecule has 1 amide bonds. The normalized spacial score (nSPS) is 14.6. The first-order valence-corrected chi connectivity index (χ1v) is 10.5. The fraction of sp³-hybridized carbons (Fsp3) is 0.429. The lowest BCUT2D eigenvalue weighted by Gasteiger charge is -2.32. The molecule has 1 saturated heterocycles. The van der Waals surface area contributed by atoms with E-state index in [0.717, 1.165) is 47.1 Å². The van der Waals surface area contributed by atoms with Crippen LogP contribution in [0.2, 0.25) is 0 Å². The molecule has 2 heterocycles. The number of amides is 1. The molecule has 0 unspecified atom stereocenters. The number of benzene rings is 1. The van der Waals surface area contributed by atoms with Crippen LogP contribution in [0.4, 0.5) is 11.5 Å². The van der Waals surface area contributed by atoms with Crippen LogP contribution in [-0.2, 0) is 17.6 Å². The Kier molecular flexibility index (Phi) is 6.63. The van der Waals surface area contributed by atoms with Crippen LogP contribution in [0.5, 0.6) is 0 Å². The van der Waals surface area contributed by atoms with Crippen LogP contribution < -0.4 is 10.2 Å². The van der Waals surface area contributed by atoms with Crippen molar-refractivity contribution < 1.29 is 4.79 Å². The van der Waals surface area contributed by atoms with Crippen LogP contribution in [0, 0.1) is 17.2 Å². The van der Waals surface area contributed by atoms with Gasteiger partial charge in [-0.25, -0.2) is 0 Å². The van der Waals surface area contributed by atoms with E-state index >= 15 is 0 Å². The third-order valence-corrected chi connectivity index (χ3v) is 5.75. The van der Waals surface area contributed by atoms with Crippen molar-refractivity contribution in [2.45, 2.75) is 39.5 Å². The van der Waals surface area contributed by atoms with Gasteiger partial charge in [-0.15, -0.1) is 5.10 Å². The summed E-state index contributed by atoms with van der Waals surface area (Å²) in [6.45, 7) is 5.45. The Labute approximate surface area is 174 Å². The van der Waals surface area contributed by atoms with Crippen LogP contribution in [0.25, 0.3) is 0 Å². The van der Waals surface area contributed by atoms with E-state index in [9.17, 15) is 10.1 Å². The second-order valence-electron chi connectivity index (χ2n) is 6.90. The maximum Gasteiger partial charge on any atom is 0.227 e. The molecule has 1 N–H and O–H groups in total. The average molecular weight is 442 g/mol. The van der Waals surface area contributed by atoms with E-state index in [1.165, 1.54) is 0 Å². The molecule has 0 atom stereocenters. The van der Waals surface area contributed by atoms with Crippen LogP contribution in [0.1, 0.15) is 43.5 Å². The Morgan fingerprint density at radius 1 is 1.21 bits per heavy atom. The van der Waals surface area contributed by atoms with Gasteiger partial charge in [-0.2, -0.15) is 10.4 Å². The molecule has 0 spiro atoms. The van der Waals surface area contributed by atoms with Crippen molar-refractivity contribution in [3.05, 3.63) is 45.6 Å². The maximum atomic E-state index is 12.6. The quantitative estimate of drug-likeness (QED) is 0.755. The van der Waals surface area contributed by atoms with Crippen molar-refractivity contribution in [1.82, 2.24) is 10.2 Å². The van der Waals surface area contributed by atoms with Crippen molar-refractivity contribution in [1.29, 1.82) is 5.26 Å². The number of aromatic nitrogens is 2. The summed E-state index contributed by atoms with van der Waals surface area (Å²) in [5, 5.41) is 21.4. The van der Waals surface area contributed by atoms with Gasteiger partial charge < -0.3 is 10.2 Å². The highest BCUT2D eigenvalue weighted by molar-refractivity contribution is 9.10. The van der Waals surface area contributed by atoms with Gasteiger partial charge in [0.15, 0.2) is 5.82 Å². The van der Waals surface area contributed by atoms with Gasteiger partial charge in [-0.05, 0) is 55.5 Å². The molecule has 2 aromatic rings. The Hall–Kier alpha value is -2.46. The predicted octanol–water partition coefficient (Wildman–Crippen LogP) is 4.09.